The number of nitrogens with two attached hydrogens (primary N) is 1. The van der Waals surface area contributed by atoms with Gasteiger partial charge in [0.05, 0.1) is 0 Å². The van der Waals surface area contributed by atoms with Crippen LogP contribution in [0.1, 0.15) is 0 Å². The number of rotatable bonds is 3. The van der Waals surface area contributed by atoms with E-state index in [2.05, 4.69) is 5.09 Å². The lowest BCUT2D eigenvalue weighted by atomic mass is 11.1. The zero-order chi connectivity index (χ0) is 9.94. The Morgan fingerprint density at radius 3 is 1.67 bits per heavy atom. The number of hydrogen-bond acceptors (Lipinski definition) is 2. The van der Waals surface area contributed by atoms with Gasteiger partial charge in [-0.05, 0) is 28.2 Å². The van der Waals surface area contributed by atoms with Gasteiger partial charge >= 0.3 is 0 Å². The standard InChI is InChI=1S/C5H17N6P/c1-10(2)12(8,11(3)4)9-5(6)7/h1-4H3,(H5,6,7,8,9). The summed E-state index contributed by atoms with van der Waals surface area (Å²) in [7, 11) is 4.80. The van der Waals surface area contributed by atoms with Crippen molar-refractivity contribution < 1.29 is 0 Å². The SMILES string of the molecule is CN(C)P(=N)(NC(=N)N)N(C)C. The molecular formula is C5H17N6P. The minimum absolute atomic E-state index is 0.166. The molecular weight excluding hydrogens is 175 g/mol. The molecule has 0 atom stereocenters. The van der Waals surface area contributed by atoms with Crippen molar-refractivity contribution in [1.82, 2.24) is 14.4 Å². The summed E-state index contributed by atoms with van der Waals surface area (Å²) in [5.74, 6) is -0.166. The van der Waals surface area contributed by atoms with Gasteiger partial charge in [-0.15, -0.1) is 0 Å². The Labute approximate surface area is 73.2 Å². The molecule has 72 valence electrons. The molecule has 6 nitrogen and oxygen atoms in total. The normalized spacial score (nSPS) is 12.2. The average molecular weight is 192 g/mol. The molecule has 0 heterocycles. The van der Waals surface area contributed by atoms with Crippen molar-refractivity contribution in [1.29, 1.82) is 10.6 Å². The Kier molecular flexibility index (Phi) is 3.70. The molecule has 0 saturated carbocycles. The molecule has 0 unspecified atom stereocenters. The largest absolute Gasteiger partial charge is 0.370 e. The maximum atomic E-state index is 7.99. The lowest BCUT2D eigenvalue weighted by Gasteiger charge is -2.34. The highest BCUT2D eigenvalue weighted by molar-refractivity contribution is 7.58. The maximum Gasteiger partial charge on any atom is 0.191 e. The molecule has 0 aromatic rings. The molecule has 0 fully saturated rings. The topological polar surface area (TPSA) is 92.2 Å². The van der Waals surface area contributed by atoms with E-state index in [4.69, 9.17) is 16.3 Å². The zero-order valence-corrected chi connectivity index (χ0v) is 8.81. The molecule has 5 N–H and O–H groups in total. The van der Waals surface area contributed by atoms with Crippen LogP contribution in [0.15, 0.2) is 0 Å². The predicted molar refractivity (Wildman–Crippen MR) is 52.1 cm³/mol. The van der Waals surface area contributed by atoms with Gasteiger partial charge in [-0.3, -0.25) is 15.7 Å². The molecule has 12 heavy (non-hydrogen) atoms. The van der Waals surface area contributed by atoms with E-state index < -0.39 is 7.51 Å². The molecule has 0 spiro atoms. The van der Waals surface area contributed by atoms with Crippen molar-refractivity contribution in [2.75, 3.05) is 28.2 Å². The number of guanidine groups is 1. The summed E-state index contributed by atoms with van der Waals surface area (Å²) in [6.07, 6.45) is 0. The third-order valence-corrected chi connectivity index (χ3v) is 4.30. The Bertz CT molecular complexity index is 198. The smallest absolute Gasteiger partial charge is 0.191 e. The van der Waals surface area contributed by atoms with Crippen molar-refractivity contribution in [2.45, 2.75) is 0 Å². The van der Waals surface area contributed by atoms with E-state index in [1.807, 2.05) is 0 Å². The van der Waals surface area contributed by atoms with Crippen LogP contribution in [-0.2, 0) is 0 Å². The summed E-state index contributed by atoms with van der Waals surface area (Å²) in [5.41, 5.74) is 5.18. The molecule has 0 amide bonds. The fourth-order valence-electron chi connectivity index (χ4n) is 0.726. The van der Waals surface area contributed by atoms with Crippen molar-refractivity contribution in [3.8, 4) is 0 Å². The Hall–Kier alpha value is -0.580. The number of hydrogen-bond donors (Lipinski definition) is 4. The Morgan fingerprint density at radius 2 is 1.58 bits per heavy atom. The third kappa shape index (κ3) is 2.48. The van der Waals surface area contributed by atoms with E-state index >= 15 is 0 Å². The van der Waals surface area contributed by atoms with E-state index in [0.29, 0.717) is 0 Å². The van der Waals surface area contributed by atoms with Gasteiger partial charge in [-0.2, -0.15) is 0 Å². The zero-order valence-electron chi connectivity index (χ0n) is 7.92. The summed E-state index contributed by atoms with van der Waals surface area (Å²) < 4.78 is 3.46. The van der Waals surface area contributed by atoms with E-state index in [1.54, 1.807) is 37.5 Å². The lowest BCUT2D eigenvalue weighted by molar-refractivity contribution is 0.549. The predicted octanol–water partition coefficient (Wildman–Crippen LogP) is 0.118. The molecule has 0 aliphatic heterocycles. The molecule has 0 rings (SSSR count). The Morgan fingerprint density at radius 1 is 1.25 bits per heavy atom. The first-order valence-electron chi connectivity index (χ1n) is 3.42. The van der Waals surface area contributed by atoms with E-state index in [9.17, 15) is 0 Å². The summed E-state index contributed by atoms with van der Waals surface area (Å²) in [6, 6.07) is 0. The average Bonchev–Trinajstić information content (AvgIpc) is 1.84. The first kappa shape index (κ1) is 11.4. The molecule has 0 bridgehead atoms. The minimum atomic E-state index is -2.35. The van der Waals surface area contributed by atoms with Crippen molar-refractivity contribution in [3.63, 3.8) is 0 Å². The summed E-state index contributed by atoms with van der Waals surface area (Å²) in [4.78, 5) is 0. The summed E-state index contributed by atoms with van der Waals surface area (Å²) in [5, 5.41) is 17.7. The van der Waals surface area contributed by atoms with Crippen molar-refractivity contribution >= 4 is 13.5 Å². The second-order valence-corrected chi connectivity index (χ2v) is 5.85. The van der Waals surface area contributed by atoms with Crippen LogP contribution >= 0.6 is 7.51 Å². The fraction of sp³-hybridized carbons (Fsp3) is 0.800. The summed E-state index contributed by atoms with van der Waals surface area (Å²) in [6.45, 7) is 0. The molecule has 7 heteroatoms. The number of nitrogens with zero attached hydrogens (tertiary/aromatic N) is 2. The second kappa shape index (κ2) is 3.89. The van der Waals surface area contributed by atoms with Gasteiger partial charge in [-0.25, -0.2) is 9.34 Å². The van der Waals surface area contributed by atoms with Crippen LogP contribution in [0.5, 0.6) is 0 Å². The third-order valence-electron chi connectivity index (χ3n) is 1.43. The van der Waals surface area contributed by atoms with Gasteiger partial charge in [-0.1, -0.05) is 0 Å². The lowest BCUT2D eigenvalue weighted by Crippen LogP contribution is -2.37. The van der Waals surface area contributed by atoms with Crippen LogP contribution in [0.3, 0.4) is 0 Å². The molecule has 0 aliphatic carbocycles. The second-order valence-electron chi connectivity index (χ2n) is 2.82. The molecule has 0 aromatic heterocycles. The fourth-order valence-corrected chi connectivity index (χ4v) is 2.18. The molecule has 0 radical (unpaired) electrons. The monoisotopic (exact) mass is 192 g/mol. The van der Waals surface area contributed by atoms with Gasteiger partial charge in [0, 0.05) is 0 Å². The van der Waals surface area contributed by atoms with Gasteiger partial charge in [0.15, 0.2) is 13.5 Å². The minimum Gasteiger partial charge on any atom is -0.370 e. The van der Waals surface area contributed by atoms with Gasteiger partial charge in [0.1, 0.15) is 0 Å². The quantitative estimate of drug-likeness (QED) is 0.290. The highest BCUT2D eigenvalue weighted by Crippen LogP contribution is 2.45. The van der Waals surface area contributed by atoms with Crippen LogP contribution in [0.4, 0.5) is 0 Å². The summed E-state index contributed by atoms with van der Waals surface area (Å²) >= 11 is 0. The van der Waals surface area contributed by atoms with Crippen LogP contribution in [-0.4, -0.2) is 43.5 Å². The highest BCUT2D eigenvalue weighted by atomic mass is 31.2. The van der Waals surface area contributed by atoms with E-state index in [-0.39, 0.29) is 5.96 Å². The van der Waals surface area contributed by atoms with E-state index in [0.717, 1.165) is 0 Å². The molecule has 0 saturated heterocycles. The highest BCUT2D eigenvalue weighted by Gasteiger charge is 2.22. The Balaban J connectivity index is 4.64. The van der Waals surface area contributed by atoms with Crippen molar-refractivity contribution in [3.05, 3.63) is 0 Å². The first-order chi connectivity index (χ1) is 5.30. The van der Waals surface area contributed by atoms with Gasteiger partial charge in [0.2, 0.25) is 0 Å². The van der Waals surface area contributed by atoms with Crippen LogP contribution in [0, 0.1) is 10.6 Å². The molecule has 0 aromatic carbocycles. The molecule has 0 aliphatic rings. The van der Waals surface area contributed by atoms with Gasteiger partial charge in [0.25, 0.3) is 0 Å². The van der Waals surface area contributed by atoms with E-state index in [1.165, 1.54) is 0 Å². The maximum absolute atomic E-state index is 7.99. The van der Waals surface area contributed by atoms with Crippen molar-refractivity contribution in [2.24, 2.45) is 5.73 Å². The van der Waals surface area contributed by atoms with Gasteiger partial charge < -0.3 is 5.73 Å². The number of nitrogens with one attached hydrogen (secondary N) is 3. The van der Waals surface area contributed by atoms with Crippen LogP contribution < -0.4 is 10.8 Å². The first-order valence-corrected chi connectivity index (χ1v) is 5.12. The van der Waals surface area contributed by atoms with Crippen LogP contribution in [0.25, 0.3) is 0 Å². The van der Waals surface area contributed by atoms with Crippen LogP contribution in [0.2, 0.25) is 0 Å².